The van der Waals surface area contributed by atoms with E-state index >= 15 is 4.39 Å². The van der Waals surface area contributed by atoms with Crippen molar-refractivity contribution in [3.05, 3.63) is 71.6 Å². The fourth-order valence-electron chi connectivity index (χ4n) is 6.09. The molecular formula is C30H32F3N5O3. The summed E-state index contributed by atoms with van der Waals surface area (Å²) in [5.41, 5.74) is 2.95. The van der Waals surface area contributed by atoms with Gasteiger partial charge >= 0.3 is 5.97 Å². The summed E-state index contributed by atoms with van der Waals surface area (Å²) >= 11 is 0. The van der Waals surface area contributed by atoms with Gasteiger partial charge in [0, 0.05) is 56.5 Å². The summed E-state index contributed by atoms with van der Waals surface area (Å²) < 4.78 is 52.4. The van der Waals surface area contributed by atoms with E-state index in [1.807, 2.05) is 34.9 Å². The summed E-state index contributed by atoms with van der Waals surface area (Å²) in [4.78, 5) is 18.5. The average Bonchev–Trinajstić information content (AvgIpc) is 3.64. The second-order valence-corrected chi connectivity index (χ2v) is 11.1. The number of alkyl halides is 2. The van der Waals surface area contributed by atoms with E-state index < -0.39 is 23.6 Å². The number of anilines is 1. The predicted octanol–water partition coefficient (Wildman–Crippen LogP) is 5.74. The van der Waals surface area contributed by atoms with Crippen molar-refractivity contribution in [2.24, 2.45) is 13.0 Å². The highest BCUT2D eigenvalue weighted by Gasteiger charge is 2.38. The largest absolute Gasteiger partial charge is 0.487 e. The molecule has 2 aromatic carbocycles. The number of hydrogen-bond donors (Lipinski definition) is 1. The molecule has 4 aromatic rings. The minimum Gasteiger partial charge on any atom is -0.487 e. The molecule has 2 atom stereocenters. The molecule has 0 amide bonds. The monoisotopic (exact) mass is 567 g/mol. The zero-order chi connectivity index (χ0) is 28.7. The van der Waals surface area contributed by atoms with Crippen molar-refractivity contribution in [2.75, 3.05) is 18.0 Å². The number of carboxylic acids is 1. The quantitative estimate of drug-likeness (QED) is 0.292. The molecule has 1 saturated carbocycles. The fraction of sp³-hybridized carbons (Fsp3) is 0.433. The third kappa shape index (κ3) is 5.62. The molecular weight excluding hydrogens is 535 g/mol. The van der Waals surface area contributed by atoms with Crippen molar-refractivity contribution in [1.29, 1.82) is 0 Å². The normalized spacial score (nSPS) is 20.5. The molecule has 0 spiro atoms. The second-order valence-electron chi connectivity index (χ2n) is 11.1. The number of imidazole rings is 1. The van der Waals surface area contributed by atoms with Crippen molar-refractivity contribution < 1.29 is 27.8 Å². The number of ether oxygens (including phenoxy) is 1. The number of rotatable bonds is 8. The standard InChI is InChI=1S/C30H32F3N5O3/c1-36-12-10-20(35-36)17-41-22-14-25(31)27-26(15-22)38(28(34-27)23-4-2-3-5-24(23)29(39)40)16-19-6-8-21(9-7-19)37-13-11-30(32,33)18-37/h6-10,12,14-15,23-24H,2-5,11,13,16-18H2,1H3,(H,39,40)/t23-,24+/m1/s1. The SMILES string of the molecule is Cn1ccc(COc2cc(F)c3nc([C@@H]4CCCC[C@@H]4C(=O)O)n(Cc4ccc(N5CCC(F)(F)C5)cc4)c3c2)n1. The Hall–Kier alpha value is -4.02. The van der Waals surface area contributed by atoms with Crippen molar-refractivity contribution in [3.8, 4) is 5.75 Å². The van der Waals surface area contributed by atoms with Crippen LogP contribution in [0, 0.1) is 11.7 Å². The number of fused-ring (bicyclic) bond motifs is 1. The maximum atomic E-state index is 15.5. The van der Waals surface area contributed by atoms with Crippen molar-refractivity contribution in [3.63, 3.8) is 0 Å². The number of carbonyl (C=O) groups is 1. The lowest BCUT2D eigenvalue weighted by atomic mass is 9.78. The first-order valence-corrected chi connectivity index (χ1v) is 13.9. The van der Waals surface area contributed by atoms with E-state index in [4.69, 9.17) is 4.74 Å². The van der Waals surface area contributed by atoms with Gasteiger partial charge in [0.1, 0.15) is 23.7 Å². The van der Waals surface area contributed by atoms with Crippen LogP contribution in [0.2, 0.25) is 0 Å². The van der Waals surface area contributed by atoms with Crippen LogP contribution < -0.4 is 9.64 Å². The number of aromatic nitrogens is 4. The van der Waals surface area contributed by atoms with Crippen LogP contribution in [0.4, 0.5) is 18.9 Å². The molecule has 11 heteroatoms. The highest BCUT2D eigenvalue weighted by molar-refractivity contribution is 5.79. The molecule has 1 N–H and O–H groups in total. The molecule has 216 valence electrons. The molecule has 1 saturated heterocycles. The van der Waals surface area contributed by atoms with E-state index in [2.05, 4.69) is 10.1 Å². The van der Waals surface area contributed by atoms with Gasteiger partial charge in [0.25, 0.3) is 5.92 Å². The molecule has 3 heterocycles. The number of halogens is 3. The first-order chi connectivity index (χ1) is 19.7. The smallest absolute Gasteiger partial charge is 0.307 e. The molecule has 2 aromatic heterocycles. The average molecular weight is 568 g/mol. The van der Waals surface area contributed by atoms with Crippen LogP contribution in [0.5, 0.6) is 5.75 Å². The number of hydrogen-bond acceptors (Lipinski definition) is 5. The Morgan fingerprint density at radius 1 is 1.15 bits per heavy atom. The van der Waals surface area contributed by atoms with Gasteiger partial charge in [-0.25, -0.2) is 18.2 Å². The summed E-state index contributed by atoms with van der Waals surface area (Å²) in [6.07, 6.45) is 4.51. The fourth-order valence-corrected chi connectivity index (χ4v) is 6.09. The molecule has 6 rings (SSSR count). The van der Waals surface area contributed by atoms with Crippen molar-refractivity contribution >= 4 is 22.7 Å². The number of aliphatic carboxylic acids is 1. The van der Waals surface area contributed by atoms with Gasteiger partial charge in [0.15, 0.2) is 5.82 Å². The van der Waals surface area contributed by atoms with E-state index in [1.165, 1.54) is 6.07 Å². The zero-order valence-electron chi connectivity index (χ0n) is 22.8. The maximum absolute atomic E-state index is 15.5. The summed E-state index contributed by atoms with van der Waals surface area (Å²) in [5.74, 6) is -4.23. The summed E-state index contributed by atoms with van der Waals surface area (Å²) in [5, 5.41) is 14.3. The molecule has 2 fully saturated rings. The Morgan fingerprint density at radius 3 is 2.61 bits per heavy atom. The first-order valence-electron chi connectivity index (χ1n) is 13.9. The number of benzene rings is 2. The zero-order valence-corrected chi connectivity index (χ0v) is 22.8. The number of aryl methyl sites for hydroxylation is 1. The third-order valence-electron chi connectivity index (χ3n) is 8.19. The minimum atomic E-state index is -2.69. The van der Waals surface area contributed by atoms with E-state index in [0.717, 1.165) is 24.1 Å². The van der Waals surface area contributed by atoms with Crippen LogP contribution >= 0.6 is 0 Å². The Labute approximate surface area is 235 Å². The highest BCUT2D eigenvalue weighted by Crippen LogP contribution is 2.40. The molecule has 1 aliphatic carbocycles. The first kappa shape index (κ1) is 27.2. The van der Waals surface area contributed by atoms with Crippen LogP contribution in [-0.2, 0) is 25.0 Å². The van der Waals surface area contributed by atoms with E-state index in [1.54, 1.807) is 28.9 Å². The molecule has 2 aliphatic rings. The van der Waals surface area contributed by atoms with E-state index in [0.29, 0.717) is 48.7 Å². The van der Waals surface area contributed by atoms with E-state index in [9.17, 15) is 18.7 Å². The molecule has 0 bridgehead atoms. The van der Waals surface area contributed by atoms with Gasteiger partial charge in [-0.3, -0.25) is 9.48 Å². The molecule has 0 radical (unpaired) electrons. The van der Waals surface area contributed by atoms with Gasteiger partial charge in [-0.1, -0.05) is 25.0 Å². The summed E-state index contributed by atoms with van der Waals surface area (Å²) in [7, 11) is 1.80. The van der Waals surface area contributed by atoms with Gasteiger partial charge in [-0.15, -0.1) is 0 Å². The Kier molecular flexibility index (Phi) is 7.13. The lowest BCUT2D eigenvalue weighted by Gasteiger charge is -2.28. The third-order valence-corrected chi connectivity index (χ3v) is 8.19. The van der Waals surface area contributed by atoms with Gasteiger partial charge in [-0.05, 0) is 36.6 Å². The van der Waals surface area contributed by atoms with Gasteiger partial charge in [0.2, 0.25) is 0 Å². The predicted molar refractivity (Wildman–Crippen MR) is 147 cm³/mol. The van der Waals surface area contributed by atoms with Gasteiger partial charge in [-0.2, -0.15) is 5.10 Å². The Bertz CT molecular complexity index is 1570. The number of nitrogens with zero attached hydrogens (tertiary/aromatic N) is 5. The van der Waals surface area contributed by atoms with Gasteiger partial charge in [0.05, 0.1) is 23.7 Å². The number of carboxylic acid groups (broad SMARTS) is 1. The van der Waals surface area contributed by atoms with Crippen LogP contribution in [0.25, 0.3) is 11.0 Å². The lowest BCUT2D eigenvalue weighted by Crippen LogP contribution is -2.27. The summed E-state index contributed by atoms with van der Waals surface area (Å²) in [6, 6.07) is 12.2. The molecule has 0 unspecified atom stereocenters. The minimum absolute atomic E-state index is 0.160. The van der Waals surface area contributed by atoms with Gasteiger partial charge < -0.3 is 19.3 Å². The van der Waals surface area contributed by atoms with Crippen molar-refractivity contribution in [1.82, 2.24) is 19.3 Å². The Balaban J connectivity index is 1.36. The molecule has 8 nitrogen and oxygen atoms in total. The van der Waals surface area contributed by atoms with Crippen LogP contribution in [0.3, 0.4) is 0 Å². The van der Waals surface area contributed by atoms with E-state index in [-0.39, 0.29) is 31.0 Å². The van der Waals surface area contributed by atoms with Crippen LogP contribution in [0.15, 0.2) is 48.7 Å². The summed E-state index contributed by atoms with van der Waals surface area (Å²) in [6.45, 7) is 0.463. The molecule has 41 heavy (non-hydrogen) atoms. The van der Waals surface area contributed by atoms with Crippen molar-refractivity contribution in [2.45, 2.75) is 57.1 Å². The Morgan fingerprint density at radius 2 is 1.93 bits per heavy atom. The topological polar surface area (TPSA) is 85.4 Å². The maximum Gasteiger partial charge on any atom is 0.307 e. The van der Waals surface area contributed by atoms with Crippen LogP contribution in [0.1, 0.15) is 55.1 Å². The molecule has 1 aliphatic heterocycles. The highest BCUT2D eigenvalue weighted by atomic mass is 19.3. The van der Waals surface area contributed by atoms with Crippen LogP contribution in [-0.4, -0.2) is 49.4 Å². The lowest BCUT2D eigenvalue weighted by molar-refractivity contribution is -0.143. The second kappa shape index (κ2) is 10.8.